The van der Waals surface area contributed by atoms with Crippen molar-refractivity contribution in [3.05, 3.63) is 29.6 Å². The standard InChI is InChI=1S/C11H17N3.2ClH/c1-8-6-9(2-4-13-8)11-7-10(12)3-5-14-11;;/h2,4,6,10-11,14H,3,5,7,12H2,1H3;2*1H. The normalized spacial score (nSPS) is 24.1. The zero-order valence-corrected chi connectivity index (χ0v) is 11.0. The van der Waals surface area contributed by atoms with Crippen LogP contribution in [0.2, 0.25) is 0 Å². The van der Waals surface area contributed by atoms with Gasteiger partial charge in [0, 0.05) is 24.0 Å². The molecule has 2 rings (SSSR count). The third kappa shape index (κ3) is 3.91. The Kier molecular flexibility index (Phi) is 6.91. The highest BCUT2D eigenvalue weighted by Gasteiger charge is 2.19. The minimum atomic E-state index is 0. The maximum Gasteiger partial charge on any atom is 0.0375 e. The molecule has 1 aliphatic rings. The first-order chi connectivity index (χ1) is 6.75. The molecule has 0 aromatic carbocycles. The largest absolute Gasteiger partial charge is 0.328 e. The van der Waals surface area contributed by atoms with Crippen molar-refractivity contribution in [3.63, 3.8) is 0 Å². The van der Waals surface area contributed by atoms with Crippen molar-refractivity contribution < 1.29 is 0 Å². The monoisotopic (exact) mass is 263 g/mol. The zero-order chi connectivity index (χ0) is 9.97. The minimum Gasteiger partial charge on any atom is -0.328 e. The van der Waals surface area contributed by atoms with Gasteiger partial charge in [-0.1, -0.05) is 0 Å². The summed E-state index contributed by atoms with van der Waals surface area (Å²) in [5, 5.41) is 3.49. The van der Waals surface area contributed by atoms with Crippen molar-refractivity contribution in [3.8, 4) is 0 Å². The van der Waals surface area contributed by atoms with Crippen molar-refractivity contribution in [1.29, 1.82) is 0 Å². The first-order valence-corrected chi connectivity index (χ1v) is 5.17. The van der Waals surface area contributed by atoms with Crippen LogP contribution in [0.15, 0.2) is 18.3 Å². The fraction of sp³-hybridized carbons (Fsp3) is 0.545. The topological polar surface area (TPSA) is 50.9 Å². The predicted octanol–water partition coefficient (Wildman–Crippen LogP) is 1.99. The van der Waals surface area contributed by atoms with E-state index in [-0.39, 0.29) is 24.8 Å². The number of nitrogens with zero attached hydrogens (tertiary/aromatic N) is 1. The average Bonchev–Trinajstić information content (AvgIpc) is 2.18. The lowest BCUT2D eigenvalue weighted by Crippen LogP contribution is -2.38. The van der Waals surface area contributed by atoms with Gasteiger partial charge in [-0.2, -0.15) is 0 Å². The Morgan fingerprint density at radius 1 is 1.44 bits per heavy atom. The van der Waals surface area contributed by atoms with E-state index in [0.717, 1.165) is 25.1 Å². The van der Waals surface area contributed by atoms with Crippen LogP contribution < -0.4 is 11.1 Å². The van der Waals surface area contributed by atoms with Gasteiger partial charge in [-0.05, 0) is 44.0 Å². The number of pyridine rings is 1. The van der Waals surface area contributed by atoms with E-state index in [1.165, 1.54) is 5.56 Å². The summed E-state index contributed by atoms with van der Waals surface area (Å²) in [5.41, 5.74) is 8.33. The van der Waals surface area contributed by atoms with Gasteiger partial charge in [0.05, 0.1) is 0 Å². The molecule has 2 atom stereocenters. The van der Waals surface area contributed by atoms with Crippen molar-refractivity contribution in [2.24, 2.45) is 5.73 Å². The molecule has 0 radical (unpaired) electrons. The summed E-state index contributed by atoms with van der Waals surface area (Å²) in [7, 11) is 0. The number of nitrogens with one attached hydrogen (secondary N) is 1. The van der Waals surface area contributed by atoms with Gasteiger partial charge in [0.1, 0.15) is 0 Å². The first-order valence-electron chi connectivity index (χ1n) is 5.17. The molecule has 5 heteroatoms. The van der Waals surface area contributed by atoms with E-state index in [4.69, 9.17) is 5.73 Å². The van der Waals surface area contributed by atoms with Gasteiger partial charge in [0.15, 0.2) is 0 Å². The smallest absolute Gasteiger partial charge is 0.0375 e. The number of aryl methyl sites for hydroxylation is 1. The van der Waals surface area contributed by atoms with Crippen LogP contribution in [0.5, 0.6) is 0 Å². The summed E-state index contributed by atoms with van der Waals surface area (Å²) in [5.74, 6) is 0. The summed E-state index contributed by atoms with van der Waals surface area (Å²) in [6, 6.07) is 4.97. The highest BCUT2D eigenvalue weighted by Crippen LogP contribution is 2.22. The lowest BCUT2D eigenvalue weighted by Gasteiger charge is -2.28. The van der Waals surface area contributed by atoms with Gasteiger partial charge in [-0.15, -0.1) is 24.8 Å². The number of hydrogen-bond donors (Lipinski definition) is 2. The maximum atomic E-state index is 5.94. The quantitative estimate of drug-likeness (QED) is 0.815. The molecule has 1 saturated heterocycles. The zero-order valence-electron chi connectivity index (χ0n) is 9.35. The molecular weight excluding hydrogens is 245 g/mol. The van der Waals surface area contributed by atoms with E-state index < -0.39 is 0 Å². The van der Waals surface area contributed by atoms with Crippen LogP contribution in [0.3, 0.4) is 0 Å². The Morgan fingerprint density at radius 3 is 2.81 bits per heavy atom. The SMILES string of the molecule is Cc1cc(C2CC(N)CCN2)ccn1.Cl.Cl. The van der Waals surface area contributed by atoms with Crippen LogP contribution in [0, 0.1) is 6.92 Å². The molecule has 2 unspecified atom stereocenters. The maximum absolute atomic E-state index is 5.94. The van der Waals surface area contributed by atoms with Gasteiger partial charge < -0.3 is 11.1 Å². The third-order valence-electron chi connectivity index (χ3n) is 2.77. The lowest BCUT2D eigenvalue weighted by molar-refractivity contribution is 0.369. The molecule has 0 spiro atoms. The second-order valence-corrected chi connectivity index (χ2v) is 4.02. The van der Waals surface area contributed by atoms with E-state index in [2.05, 4.69) is 22.4 Å². The number of rotatable bonds is 1. The van der Waals surface area contributed by atoms with Crippen LogP contribution in [0.1, 0.15) is 30.1 Å². The van der Waals surface area contributed by atoms with Gasteiger partial charge in [-0.3, -0.25) is 4.98 Å². The Morgan fingerprint density at radius 2 is 2.19 bits per heavy atom. The number of aromatic nitrogens is 1. The molecule has 92 valence electrons. The Balaban J connectivity index is 0.00000112. The Hall–Kier alpha value is -0.350. The second kappa shape index (κ2) is 7.07. The van der Waals surface area contributed by atoms with Gasteiger partial charge >= 0.3 is 0 Å². The molecule has 3 N–H and O–H groups in total. The van der Waals surface area contributed by atoms with Gasteiger partial charge in [0.25, 0.3) is 0 Å². The van der Waals surface area contributed by atoms with E-state index in [1.807, 2.05) is 13.1 Å². The minimum absolute atomic E-state index is 0. The Labute approximate surface area is 109 Å². The molecule has 1 aromatic heterocycles. The molecule has 16 heavy (non-hydrogen) atoms. The van der Waals surface area contributed by atoms with Crippen LogP contribution in [-0.2, 0) is 0 Å². The molecular formula is C11H19Cl2N3. The van der Waals surface area contributed by atoms with Crippen molar-refractivity contribution in [1.82, 2.24) is 10.3 Å². The summed E-state index contributed by atoms with van der Waals surface area (Å²) in [6.07, 6.45) is 3.98. The fourth-order valence-electron chi connectivity index (χ4n) is 1.99. The van der Waals surface area contributed by atoms with Crippen LogP contribution in [0.25, 0.3) is 0 Å². The number of hydrogen-bond acceptors (Lipinski definition) is 3. The molecule has 2 heterocycles. The van der Waals surface area contributed by atoms with Crippen molar-refractivity contribution >= 4 is 24.8 Å². The second-order valence-electron chi connectivity index (χ2n) is 4.02. The molecule has 1 fully saturated rings. The van der Waals surface area contributed by atoms with Crippen molar-refractivity contribution in [2.45, 2.75) is 31.8 Å². The van der Waals surface area contributed by atoms with Gasteiger partial charge in [0.2, 0.25) is 0 Å². The van der Waals surface area contributed by atoms with E-state index >= 15 is 0 Å². The number of nitrogens with two attached hydrogens (primary N) is 1. The summed E-state index contributed by atoms with van der Waals surface area (Å²) < 4.78 is 0. The summed E-state index contributed by atoms with van der Waals surface area (Å²) in [4.78, 5) is 4.19. The van der Waals surface area contributed by atoms with Crippen LogP contribution >= 0.6 is 24.8 Å². The molecule has 1 aromatic rings. The number of halogens is 2. The van der Waals surface area contributed by atoms with Crippen LogP contribution in [0.4, 0.5) is 0 Å². The molecule has 0 amide bonds. The fourth-order valence-corrected chi connectivity index (χ4v) is 1.99. The van der Waals surface area contributed by atoms with Crippen LogP contribution in [-0.4, -0.2) is 17.6 Å². The highest BCUT2D eigenvalue weighted by atomic mass is 35.5. The lowest BCUT2D eigenvalue weighted by atomic mass is 9.95. The molecule has 0 saturated carbocycles. The average molecular weight is 264 g/mol. The first kappa shape index (κ1) is 15.7. The summed E-state index contributed by atoms with van der Waals surface area (Å²) >= 11 is 0. The number of piperidine rings is 1. The van der Waals surface area contributed by atoms with Gasteiger partial charge in [-0.25, -0.2) is 0 Å². The molecule has 0 bridgehead atoms. The Bertz CT molecular complexity index is 320. The van der Waals surface area contributed by atoms with E-state index in [0.29, 0.717) is 12.1 Å². The third-order valence-corrected chi connectivity index (χ3v) is 2.77. The van der Waals surface area contributed by atoms with Crippen molar-refractivity contribution in [2.75, 3.05) is 6.54 Å². The van der Waals surface area contributed by atoms with E-state index in [9.17, 15) is 0 Å². The highest BCUT2D eigenvalue weighted by molar-refractivity contribution is 5.85. The predicted molar refractivity (Wildman–Crippen MR) is 71.4 cm³/mol. The molecule has 0 aliphatic carbocycles. The molecule has 3 nitrogen and oxygen atoms in total. The van der Waals surface area contributed by atoms with E-state index in [1.54, 1.807) is 0 Å². The molecule has 1 aliphatic heterocycles. The summed E-state index contributed by atoms with van der Waals surface area (Å²) in [6.45, 7) is 3.04.